The van der Waals surface area contributed by atoms with Crippen LogP contribution in [0.4, 0.5) is 5.82 Å². The topological polar surface area (TPSA) is 78.5 Å². The second kappa shape index (κ2) is 6.32. The molecular weight excluding hydrogens is 300 g/mol. The predicted molar refractivity (Wildman–Crippen MR) is 88.1 cm³/mol. The molecule has 2 aromatic rings. The average molecular weight is 322 g/mol. The van der Waals surface area contributed by atoms with Crippen LogP contribution in [0.15, 0.2) is 39.8 Å². The highest BCUT2D eigenvalue weighted by atomic mass is 32.3. The van der Waals surface area contributed by atoms with Crippen LogP contribution in [-0.4, -0.2) is 14.3 Å². The molecule has 0 amide bonds. The molecule has 6 heteroatoms. The zero-order chi connectivity index (χ0) is 15.6. The standard InChI is InChI=1S/C16H22N2O3S/c1-12-10-16(17-21-12)18-22(19,20)15-8-6-14(7-9-15)11-13-4-2-3-5-13/h6-10,13,19-20H,2-5,11H2,1H3,(H,17,18). The lowest BCUT2D eigenvalue weighted by Gasteiger charge is -2.32. The number of aryl methyl sites for hydroxylation is 1. The van der Waals surface area contributed by atoms with E-state index in [9.17, 15) is 9.11 Å². The van der Waals surface area contributed by atoms with Crippen LogP contribution in [0.3, 0.4) is 0 Å². The first-order valence-electron chi connectivity index (χ1n) is 7.61. The fourth-order valence-electron chi connectivity index (χ4n) is 2.98. The zero-order valence-electron chi connectivity index (χ0n) is 12.7. The predicted octanol–water partition coefficient (Wildman–Crippen LogP) is 4.85. The summed E-state index contributed by atoms with van der Waals surface area (Å²) < 4.78 is 28.1. The van der Waals surface area contributed by atoms with Gasteiger partial charge in [-0.25, -0.2) is 0 Å². The number of rotatable bonds is 5. The Hall–Kier alpha value is -1.50. The van der Waals surface area contributed by atoms with Crippen molar-refractivity contribution in [2.75, 3.05) is 4.72 Å². The van der Waals surface area contributed by atoms with Gasteiger partial charge in [-0.15, -0.1) is 0 Å². The molecule has 120 valence electrons. The summed E-state index contributed by atoms with van der Waals surface area (Å²) in [5.41, 5.74) is 1.25. The molecule has 1 aliphatic carbocycles. The lowest BCUT2D eigenvalue weighted by Crippen LogP contribution is -2.10. The molecule has 5 nitrogen and oxygen atoms in total. The summed E-state index contributed by atoms with van der Waals surface area (Å²) in [5.74, 6) is 1.72. The van der Waals surface area contributed by atoms with E-state index in [-0.39, 0.29) is 0 Å². The summed E-state index contributed by atoms with van der Waals surface area (Å²) in [6.45, 7) is 1.75. The van der Waals surface area contributed by atoms with E-state index in [2.05, 4.69) is 9.88 Å². The Morgan fingerprint density at radius 2 is 1.91 bits per heavy atom. The molecule has 0 spiro atoms. The van der Waals surface area contributed by atoms with Crippen LogP contribution < -0.4 is 4.72 Å². The van der Waals surface area contributed by atoms with Crippen molar-refractivity contribution in [3.05, 3.63) is 41.7 Å². The molecule has 1 aromatic heterocycles. The molecule has 0 atom stereocenters. The Labute approximate surface area is 132 Å². The van der Waals surface area contributed by atoms with Gasteiger partial charge in [-0.3, -0.25) is 13.8 Å². The normalized spacial score (nSPS) is 16.9. The van der Waals surface area contributed by atoms with E-state index in [4.69, 9.17) is 4.52 Å². The van der Waals surface area contributed by atoms with Crippen molar-refractivity contribution < 1.29 is 13.6 Å². The monoisotopic (exact) mass is 322 g/mol. The Morgan fingerprint density at radius 3 is 2.50 bits per heavy atom. The van der Waals surface area contributed by atoms with Crippen LogP contribution in [0.25, 0.3) is 0 Å². The highest BCUT2D eigenvalue weighted by Gasteiger charge is 2.19. The van der Waals surface area contributed by atoms with Crippen LogP contribution in [-0.2, 0) is 6.42 Å². The molecule has 3 N–H and O–H groups in total. The van der Waals surface area contributed by atoms with Gasteiger partial charge in [0.15, 0.2) is 5.82 Å². The summed E-state index contributed by atoms with van der Waals surface area (Å²) >= 11 is 0. The highest BCUT2D eigenvalue weighted by Crippen LogP contribution is 2.47. The van der Waals surface area contributed by atoms with Crippen molar-refractivity contribution in [1.29, 1.82) is 0 Å². The summed E-state index contributed by atoms with van der Waals surface area (Å²) in [6, 6.07) is 9.15. The van der Waals surface area contributed by atoms with Gasteiger partial charge in [0, 0.05) is 6.07 Å². The van der Waals surface area contributed by atoms with E-state index >= 15 is 0 Å². The van der Waals surface area contributed by atoms with E-state index in [0.717, 1.165) is 12.3 Å². The molecule has 22 heavy (non-hydrogen) atoms. The lowest BCUT2D eigenvalue weighted by molar-refractivity contribution is 0.399. The fourth-order valence-corrected chi connectivity index (χ4v) is 4.00. The van der Waals surface area contributed by atoms with E-state index < -0.39 is 10.8 Å². The summed E-state index contributed by atoms with van der Waals surface area (Å²) in [5, 5.41) is 3.73. The van der Waals surface area contributed by atoms with Crippen molar-refractivity contribution in [1.82, 2.24) is 5.16 Å². The minimum Gasteiger partial charge on any atom is -0.360 e. The smallest absolute Gasteiger partial charge is 0.187 e. The molecular formula is C16H22N2O3S. The third-order valence-electron chi connectivity index (χ3n) is 4.13. The molecule has 1 saturated carbocycles. The maximum Gasteiger partial charge on any atom is 0.187 e. The highest BCUT2D eigenvalue weighted by molar-refractivity contribution is 8.25. The van der Waals surface area contributed by atoms with Gasteiger partial charge in [-0.05, 0) is 37.0 Å². The molecule has 1 fully saturated rings. The Kier molecular flexibility index (Phi) is 4.42. The van der Waals surface area contributed by atoms with E-state index in [0.29, 0.717) is 16.5 Å². The zero-order valence-corrected chi connectivity index (χ0v) is 13.5. The van der Waals surface area contributed by atoms with Crippen molar-refractivity contribution in [3.63, 3.8) is 0 Å². The third kappa shape index (κ3) is 3.63. The van der Waals surface area contributed by atoms with Gasteiger partial charge in [0.1, 0.15) is 5.76 Å². The van der Waals surface area contributed by atoms with Crippen LogP contribution in [0.2, 0.25) is 0 Å². The first-order valence-corrected chi connectivity index (χ1v) is 9.16. The molecule has 1 aromatic carbocycles. The number of hydrogen-bond donors (Lipinski definition) is 3. The molecule has 0 aliphatic heterocycles. The minimum atomic E-state index is -3.12. The van der Waals surface area contributed by atoms with Crippen LogP contribution >= 0.6 is 10.8 Å². The first-order chi connectivity index (χ1) is 10.5. The largest absolute Gasteiger partial charge is 0.360 e. The third-order valence-corrected chi connectivity index (χ3v) is 5.55. The molecule has 0 saturated heterocycles. The van der Waals surface area contributed by atoms with Gasteiger partial charge in [0.2, 0.25) is 0 Å². The van der Waals surface area contributed by atoms with Crippen molar-refractivity contribution in [2.24, 2.45) is 5.92 Å². The second-order valence-corrected chi connectivity index (χ2v) is 7.75. The van der Waals surface area contributed by atoms with Gasteiger partial charge in [0.25, 0.3) is 0 Å². The maximum absolute atomic E-state index is 10.3. The maximum atomic E-state index is 10.3. The van der Waals surface area contributed by atoms with Crippen LogP contribution in [0.1, 0.15) is 37.0 Å². The Bertz CT molecular complexity index is 619. The number of nitrogens with zero attached hydrogens (tertiary/aromatic N) is 1. The fraction of sp³-hybridized carbons (Fsp3) is 0.438. The van der Waals surface area contributed by atoms with Gasteiger partial charge in [-0.1, -0.05) is 53.7 Å². The number of nitrogens with one attached hydrogen (secondary N) is 1. The minimum absolute atomic E-state index is 0.326. The summed E-state index contributed by atoms with van der Waals surface area (Å²) in [6.07, 6.45) is 6.37. The lowest BCUT2D eigenvalue weighted by atomic mass is 9.98. The SMILES string of the molecule is Cc1cc(NS(O)(O)c2ccc(CC3CCCC3)cc2)no1. The van der Waals surface area contributed by atoms with Gasteiger partial charge >= 0.3 is 0 Å². The van der Waals surface area contributed by atoms with Crippen molar-refractivity contribution >= 4 is 16.6 Å². The molecule has 1 heterocycles. The van der Waals surface area contributed by atoms with Gasteiger partial charge < -0.3 is 4.52 Å². The van der Waals surface area contributed by atoms with Gasteiger partial charge in [-0.2, -0.15) is 0 Å². The molecule has 0 unspecified atom stereocenters. The Balaban J connectivity index is 1.67. The van der Waals surface area contributed by atoms with E-state index in [1.54, 1.807) is 25.1 Å². The summed E-state index contributed by atoms with van der Waals surface area (Å²) in [4.78, 5) is 0.461. The molecule has 3 rings (SSSR count). The number of aromatic nitrogens is 1. The second-order valence-electron chi connectivity index (χ2n) is 5.97. The van der Waals surface area contributed by atoms with Crippen molar-refractivity contribution in [2.45, 2.75) is 43.9 Å². The number of anilines is 1. The number of benzene rings is 1. The average Bonchev–Trinajstić information content (AvgIpc) is 3.11. The first kappa shape index (κ1) is 15.4. The Morgan fingerprint density at radius 1 is 1.23 bits per heavy atom. The van der Waals surface area contributed by atoms with E-state index in [1.807, 2.05) is 12.1 Å². The molecule has 0 bridgehead atoms. The number of hydrogen-bond acceptors (Lipinski definition) is 5. The van der Waals surface area contributed by atoms with Crippen LogP contribution in [0.5, 0.6) is 0 Å². The van der Waals surface area contributed by atoms with Crippen LogP contribution in [0, 0.1) is 12.8 Å². The molecule has 1 aliphatic rings. The van der Waals surface area contributed by atoms with Gasteiger partial charge in [0.05, 0.1) is 4.90 Å². The summed E-state index contributed by atoms with van der Waals surface area (Å²) in [7, 11) is -3.12. The quantitative estimate of drug-likeness (QED) is 0.733. The van der Waals surface area contributed by atoms with Crippen molar-refractivity contribution in [3.8, 4) is 0 Å². The van der Waals surface area contributed by atoms with E-state index in [1.165, 1.54) is 31.2 Å². The molecule has 0 radical (unpaired) electrons.